The SMILES string of the molecule is Nc1nc(Cc2ccccc2)nc(Nc2ccccc2SSc2ccccc2Nc2nc(N)nc(Cc3ccccc3)n2)n1. The molecule has 0 radical (unpaired) electrons. The Morgan fingerprint density at radius 1 is 0.455 bits per heavy atom. The molecule has 10 nitrogen and oxygen atoms in total. The first-order chi connectivity index (χ1) is 21.6. The van der Waals surface area contributed by atoms with Crippen LogP contribution in [0, 0.1) is 0 Å². The maximum atomic E-state index is 6.04. The topological polar surface area (TPSA) is 153 Å². The molecule has 0 aliphatic heterocycles. The quantitative estimate of drug-likeness (QED) is 0.115. The van der Waals surface area contributed by atoms with Crippen molar-refractivity contribution in [3.8, 4) is 0 Å². The number of nitrogens with one attached hydrogen (secondary N) is 2. The van der Waals surface area contributed by atoms with E-state index in [2.05, 4.69) is 40.5 Å². The van der Waals surface area contributed by atoms with Crippen LogP contribution in [-0.2, 0) is 12.8 Å². The van der Waals surface area contributed by atoms with Crippen LogP contribution in [0.4, 0.5) is 35.2 Å². The van der Waals surface area contributed by atoms with Crippen molar-refractivity contribution >= 4 is 56.8 Å². The molecule has 4 aromatic carbocycles. The predicted octanol–water partition coefficient (Wildman–Crippen LogP) is 6.69. The lowest BCUT2D eigenvalue weighted by Crippen LogP contribution is -2.08. The van der Waals surface area contributed by atoms with Gasteiger partial charge in [0.05, 0.1) is 11.4 Å². The number of rotatable bonds is 11. The van der Waals surface area contributed by atoms with E-state index in [9.17, 15) is 0 Å². The number of nitrogens with two attached hydrogens (primary N) is 2. The maximum Gasteiger partial charge on any atom is 0.232 e. The van der Waals surface area contributed by atoms with Gasteiger partial charge in [-0.1, -0.05) is 107 Å². The molecule has 0 amide bonds. The second-order valence-electron chi connectivity index (χ2n) is 9.60. The molecule has 6 aromatic rings. The lowest BCUT2D eigenvalue weighted by atomic mass is 10.1. The minimum absolute atomic E-state index is 0.166. The van der Waals surface area contributed by atoms with Gasteiger partial charge in [0.15, 0.2) is 0 Å². The smallest absolute Gasteiger partial charge is 0.232 e. The molecule has 12 heteroatoms. The van der Waals surface area contributed by atoms with Gasteiger partial charge in [0.2, 0.25) is 23.8 Å². The molecule has 0 spiro atoms. The standard InChI is InChI=1S/C32H28N10S2/c33-29-37-27(19-21-11-3-1-4-12-21)39-31(41-29)35-23-15-7-9-17-25(23)43-44-26-18-10-8-16-24(26)36-32-40-28(38-30(34)42-32)20-22-13-5-2-6-14-22/h1-18H,19-20H2,(H3,33,35,37,39,41)(H3,34,36,38,40,42). The summed E-state index contributed by atoms with van der Waals surface area (Å²) >= 11 is 0. The Morgan fingerprint density at radius 3 is 1.27 bits per heavy atom. The van der Waals surface area contributed by atoms with E-state index in [1.165, 1.54) is 0 Å². The van der Waals surface area contributed by atoms with Gasteiger partial charge in [-0.2, -0.15) is 29.9 Å². The van der Waals surface area contributed by atoms with Crippen molar-refractivity contribution in [2.45, 2.75) is 22.6 Å². The van der Waals surface area contributed by atoms with Crippen LogP contribution in [0.2, 0.25) is 0 Å². The summed E-state index contributed by atoms with van der Waals surface area (Å²) in [6, 6.07) is 35.9. The largest absolute Gasteiger partial charge is 0.368 e. The minimum atomic E-state index is 0.166. The zero-order valence-corrected chi connectivity index (χ0v) is 25.1. The van der Waals surface area contributed by atoms with Gasteiger partial charge < -0.3 is 22.1 Å². The number of nitrogens with zero attached hydrogens (tertiary/aromatic N) is 6. The molecule has 44 heavy (non-hydrogen) atoms. The number of benzene rings is 4. The van der Waals surface area contributed by atoms with Crippen molar-refractivity contribution < 1.29 is 0 Å². The molecule has 0 aliphatic carbocycles. The Bertz CT molecular complexity index is 1720. The van der Waals surface area contributed by atoms with Gasteiger partial charge in [0.1, 0.15) is 11.6 Å². The van der Waals surface area contributed by atoms with Crippen LogP contribution in [0.15, 0.2) is 119 Å². The summed E-state index contributed by atoms with van der Waals surface area (Å²) in [6.45, 7) is 0. The predicted molar refractivity (Wildman–Crippen MR) is 178 cm³/mol. The van der Waals surface area contributed by atoms with Gasteiger partial charge >= 0.3 is 0 Å². The molecule has 0 atom stereocenters. The normalized spacial score (nSPS) is 10.8. The van der Waals surface area contributed by atoms with Crippen LogP contribution >= 0.6 is 21.6 Å². The molecule has 6 rings (SSSR count). The second-order valence-corrected chi connectivity index (χ2v) is 11.8. The summed E-state index contributed by atoms with van der Waals surface area (Å²) in [6.07, 6.45) is 1.11. The van der Waals surface area contributed by atoms with Gasteiger partial charge in [0.25, 0.3) is 0 Å². The van der Waals surface area contributed by atoms with E-state index >= 15 is 0 Å². The van der Waals surface area contributed by atoms with Crippen LogP contribution in [0.25, 0.3) is 0 Å². The van der Waals surface area contributed by atoms with Crippen LogP contribution < -0.4 is 22.1 Å². The number of hydrogen-bond acceptors (Lipinski definition) is 12. The van der Waals surface area contributed by atoms with E-state index < -0.39 is 0 Å². The van der Waals surface area contributed by atoms with Crippen LogP contribution in [0.3, 0.4) is 0 Å². The fourth-order valence-corrected chi connectivity index (χ4v) is 6.59. The Labute approximate surface area is 262 Å². The van der Waals surface area contributed by atoms with E-state index in [0.717, 1.165) is 32.3 Å². The third kappa shape index (κ3) is 7.79. The van der Waals surface area contributed by atoms with Gasteiger partial charge in [-0.15, -0.1) is 0 Å². The van der Waals surface area contributed by atoms with Crippen molar-refractivity contribution in [2.24, 2.45) is 0 Å². The van der Waals surface area contributed by atoms with E-state index in [1.54, 1.807) is 21.6 Å². The lowest BCUT2D eigenvalue weighted by Gasteiger charge is -2.13. The Balaban J connectivity index is 1.16. The summed E-state index contributed by atoms with van der Waals surface area (Å²) in [5.74, 6) is 2.30. The third-order valence-electron chi connectivity index (χ3n) is 6.30. The molecule has 0 bridgehead atoms. The molecule has 218 valence electrons. The van der Waals surface area contributed by atoms with Gasteiger partial charge in [-0.25, -0.2) is 0 Å². The highest BCUT2D eigenvalue weighted by Crippen LogP contribution is 2.44. The first-order valence-corrected chi connectivity index (χ1v) is 15.9. The number of nitrogen functional groups attached to an aromatic ring is 2. The van der Waals surface area contributed by atoms with E-state index in [4.69, 9.17) is 11.5 Å². The second kappa shape index (κ2) is 13.8. The van der Waals surface area contributed by atoms with Gasteiger partial charge in [0, 0.05) is 22.6 Å². The molecule has 0 aliphatic rings. The van der Waals surface area contributed by atoms with Crippen molar-refractivity contribution in [2.75, 3.05) is 22.1 Å². The van der Waals surface area contributed by atoms with Crippen molar-refractivity contribution in [3.63, 3.8) is 0 Å². The fourth-order valence-electron chi connectivity index (χ4n) is 4.32. The summed E-state index contributed by atoms with van der Waals surface area (Å²) in [5, 5.41) is 6.66. The summed E-state index contributed by atoms with van der Waals surface area (Å²) in [7, 11) is 3.19. The lowest BCUT2D eigenvalue weighted by molar-refractivity contribution is 0.934. The Kier molecular flexibility index (Phi) is 9.09. The highest BCUT2D eigenvalue weighted by Gasteiger charge is 2.12. The average molecular weight is 617 g/mol. The zero-order chi connectivity index (χ0) is 30.1. The number of aromatic nitrogens is 6. The van der Waals surface area contributed by atoms with E-state index in [-0.39, 0.29) is 11.9 Å². The Hall–Kier alpha value is -5.20. The summed E-state index contributed by atoms with van der Waals surface area (Å²) in [4.78, 5) is 28.5. The first kappa shape index (κ1) is 28.9. The highest BCUT2D eigenvalue weighted by atomic mass is 33.1. The van der Waals surface area contributed by atoms with Crippen molar-refractivity contribution in [3.05, 3.63) is 132 Å². The monoisotopic (exact) mass is 616 g/mol. The van der Waals surface area contributed by atoms with Gasteiger partial charge in [-0.3, -0.25) is 0 Å². The zero-order valence-electron chi connectivity index (χ0n) is 23.5. The van der Waals surface area contributed by atoms with Crippen LogP contribution in [0.5, 0.6) is 0 Å². The van der Waals surface area contributed by atoms with Crippen molar-refractivity contribution in [1.29, 1.82) is 0 Å². The Morgan fingerprint density at radius 2 is 0.841 bits per heavy atom. The molecule has 6 N–H and O–H groups in total. The summed E-state index contributed by atoms with van der Waals surface area (Å²) < 4.78 is 0. The number of hydrogen-bond donors (Lipinski definition) is 4. The summed E-state index contributed by atoms with van der Waals surface area (Å²) in [5.41, 5.74) is 16.0. The van der Waals surface area contributed by atoms with E-state index in [1.807, 2.05) is 109 Å². The van der Waals surface area contributed by atoms with Crippen LogP contribution in [0.1, 0.15) is 22.8 Å². The molecule has 2 heterocycles. The molecule has 0 fully saturated rings. The minimum Gasteiger partial charge on any atom is -0.368 e. The van der Waals surface area contributed by atoms with Crippen LogP contribution in [-0.4, -0.2) is 29.9 Å². The number of anilines is 6. The van der Waals surface area contributed by atoms with Gasteiger partial charge in [-0.05, 0) is 35.4 Å². The third-order valence-corrected chi connectivity index (χ3v) is 8.78. The first-order valence-electron chi connectivity index (χ1n) is 13.7. The average Bonchev–Trinajstić information content (AvgIpc) is 3.02. The molecule has 0 saturated carbocycles. The van der Waals surface area contributed by atoms with E-state index in [0.29, 0.717) is 36.4 Å². The molecule has 0 saturated heterocycles. The van der Waals surface area contributed by atoms with Crippen molar-refractivity contribution in [1.82, 2.24) is 29.9 Å². The molecule has 2 aromatic heterocycles. The molecule has 0 unspecified atom stereocenters. The molecular formula is C32H28N10S2. The highest BCUT2D eigenvalue weighted by molar-refractivity contribution is 8.76. The number of para-hydroxylation sites is 2. The maximum absolute atomic E-state index is 6.04. The molecular weight excluding hydrogens is 589 g/mol. The fraction of sp³-hybridized carbons (Fsp3) is 0.0625.